The average Bonchev–Trinajstić information content (AvgIpc) is 2.72. The molecule has 0 saturated carbocycles. The molecule has 2 atom stereocenters. The maximum atomic E-state index is 12.6. The molecule has 2 N–H and O–H groups in total. The summed E-state index contributed by atoms with van der Waals surface area (Å²) in [5.41, 5.74) is 2.42. The van der Waals surface area contributed by atoms with Gasteiger partial charge in [-0.3, -0.25) is 9.59 Å². The zero-order valence-electron chi connectivity index (χ0n) is 15.3. The SMILES string of the molecule is O=C(O)C1CC=CCC1C(=O)NCCC(c1ccccc1)c1ccccc1. The maximum Gasteiger partial charge on any atom is 0.307 e. The molecule has 1 amide bonds. The molecule has 1 aliphatic rings. The van der Waals surface area contributed by atoms with Crippen molar-refractivity contribution in [1.82, 2.24) is 5.32 Å². The molecule has 0 spiro atoms. The van der Waals surface area contributed by atoms with E-state index in [2.05, 4.69) is 29.6 Å². The lowest BCUT2D eigenvalue weighted by atomic mass is 9.82. The zero-order valence-corrected chi connectivity index (χ0v) is 15.3. The fourth-order valence-electron chi connectivity index (χ4n) is 3.74. The van der Waals surface area contributed by atoms with Gasteiger partial charge in [0, 0.05) is 12.5 Å². The first-order valence-electron chi connectivity index (χ1n) is 9.42. The van der Waals surface area contributed by atoms with Gasteiger partial charge in [0.05, 0.1) is 11.8 Å². The van der Waals surface area contributed by atoms with E-state index in [0.29, 0.717) is 19.4 Å². The number of carbonyl (C=O) groups is 2. The third kappa shape index (κ3) is 4.85. The molecule has 140 valence electrons. The Balaban J connectivity index is 1.65. The van der Waals surface area contributed by atoms with Crippen molar-refractivity contribution in [3.05, 3.63) is 83.9 Å². The highest BCUT2D eigenvalue weighted by atomic mass is 16.4. The third-order valence-corrected chi connectivity index (χ3v) is 5.22. The van der Waals surface area contributed by atoms with Gasteiger partial charge in [-0.2, -0.15) is 0 Å². The van der Waals surface area contributed by atoms with Crippen LogP contribution in [0, 0.1) is 11.8 Å². The van der Waals surface area contributed by atoms with Gasteiger partial charge in [0.1, 0.15) is 0 Å². The van der Waals surface area contributed by atoms with E-state index in [4.69, 9.17) is 0 Å². The minimum atomic E-state index is -0.897. The van der Waals surface area contributed by atoms with Gasteiger partial charge in [-0.25, -0.2) is 0 Å². The van der Waals surface area contributed by atoms with Gasteiger partial charge in [0.2, 0.25) is 5.91 Å². The number of allylic oxidation sites excluding steroid dienone is 2. The van der Waals surface area contributed by atoms with Crippen molar-refractivity contribution in [3.63, 3.8) is 0 Å². The highest BCUT2D eigenvalue weighted by molar-refractivity contribution is 5.85. The Kier molecular flexibility index (Phi) is 6.42. The van der Waals surface area contributed by atoms with Crippen LogP contribution in [0.1, 0.15) is 36.3 Å². The summed E-state index contributed by atoms with van der Waals surface area (Å²) < 4.78 is 0. The van der Waals surface area contributed by atoms with Gasteiger partial charge in [0.15, 0.2) is 0 Å². The summed E-state index contributed by atoms with van der Waals surface area (Å²) in [4.78, 5) is 24.0. The Morgan fingerprint density at radius 2 is 1.41 bits per heavy atom. The highest BCUT2D eigenvalue weighted by Gasteiger charge is 2.33. The number of hydrogen-bond acceptors (Lipinski definition) is 2. The minimum absolute atomic E-state index is 0.161. The summed E-state index contributed by atoms with van der Waals surface area (Å²) in [6.07, 6.45) is 5.43. The topological polar surface area (TPSA) is 66.4 Å². The van der Waals surface area contributed by atoms with Gasteiger partial charge in [-0.1, -0.05) is 72.8 Å². The van der Waals surface area contributed by atoms with Crippen LogP contribution < -0.4 is 5.32 Å². The number of hydrogen-bond donors (Lipinski definition) is 2. The van der Waals surface area contributed by atoms with Crippen molar-refractivity contribution in [3.8, 4) is 0 Å². The summed E-state index contributed by atoms with van der Waals surface area (Å²) in [5, 5.41) is 12.3. The van der Waals surface area contributed by atoms with Gasteiger partial charge >= 0.3 is 5.97 Å². The second-order valence-corrected chi connectivity index (χ2v) is 6.95. The van der Waals surface area contributed by atoms with Crippen molar-refractivity contribution >= 4 is 11.9 Å². The highest BCUT2D eigenvalue weighted by Crippen LogP contribution is 2.28. The van der Waals surface area contributed by atoms with E-state index in [1.807, 2.05) is 48.6 Å². The standard InChI is InChI=1S/C23H25NO3/c25-22(20-13-7-8-14-21(20)23(26)27)24-16-15-19(17-9-3-1-4-10-17)18-11-5-2-6-12-18/h1-12,19-21H,13-16H2,(H,24,25)(H,26,27). The van der Waals surface area contributed by atoms with Crippen LogP contribution in [0.3, 0.4) is 0 Å². The molecule has 27 heavy (non-hydrogen) atoms. The Hall–Kier alpha value is -2.88. The molecule has 0 fully saturated rings. The van der Waals surface area contributed by atoms with Crippen molar-refractivity contribution < 1.29 is 14.7 Å². The quantitative estimate of drug-likeness (QED) is 0.731. The zero-order chi connectivity index (χ0) is 19.1. The van der Waals surface area contributed by atoms with Crippen LogP contribution in [0.5, 0.6) is 0 Å². The van der Waals surface area contributed by atoms with Crippen LogP contribution in [0.25, 0.3) is 0 Å². The van der Waals surface area contributed by atoms with E-state index in [0.717, 1.165) is 6.42 Å². The molecule has 2 aromatic rings. The summed E-state index contributed by atoms with van der Waals surface area (Å²) in [6, 6.07) is 20.5. The predicted octanol–water partition coefficient (Wildman–Crippen LogP) is 3.99. The number of carbonyl (C=O) groups excluding carboxylic acids is 1. The Morgan fingerprint density at radius 1 is 0.889 bits per heavy atom. The van der Waals surface area contributed by atoms with Crippen LogP contribution in [-0.4, -0.2) is 23.5 Å². The van der Waals surface area contributed by atoms with Crippen LogP contribution >= 0.6 is 0 Å². The van der Waals surface area contributed by atoms with Gasteiger partial charge in [0.25, 0.3) is 0 Å². The van der Waals surface area contributed by atoms with Crippen molar-refractivity contribution in [2.75, 3.05) is 6.54 Å². The number of carboxylic acids is 1. The smallest absolute Gasteiger partial charge is 0.307 e. The van der Waals surface area contributed by atoms with E-state index >= 15 is 0 Å². The normalized spacial score (nSPS) is 19.0. The molecule has 2 unspecified atom stereocenters. The average molecular weight is 363 g/mol. The lowest BCUT2D eigenvalue weighted by Gasteiger charge is -2.25. The summed E-state index contributed by atoms with van der Waals surface area (Å²) >= 11 is 0. The lowest BCUT2D eigenvalue weighted by Crippen LogP contribution is -2.39. The Bertz CT molecular complexity index is 746. The molecule has 1 aliphatic carbocycles. The van der Waals surface area contributed by atoms with Crippen molar-refractivity contribution in [2.45, 2.75) is 25.2 Å². The fraction of sp³-hybridized carbons (Fsp3) is 0.304. The molecular weight excluding hydrogens is 338 g/mol. The van der Waals surface area contributed by atoms with Crippen molar-refractivity contribution in [2.24, 2.45) is 11.8 Å². The molecule has 0 radical (unpaired) electrons. The number of rotatable bonds is 7. The molecule has 0 bridgehead atoms. The Morgan fingerprint density at radius 3 is 1.93 bits per heavy atom. The molecule has 0 saturated heterocycles. The van der Waals surface area contributed by atoms with Crippen LogP contribution in [0.2, 0.25) is 0 Å². The van der Waals surface area contributed by atoms with E-state index < -0.39 is 17.8 Å². The predicted molar refractivity (Wildman–Crippen MR) is 105 cm³/mol. The van der Waals surface area contributed by atoms with Gasteiger partial charge < -0.3 is 10.4 Å². The third-order valence-electron chi connectivity index (χ3n) is 5.22. The van der Waals surface area contributed by atoms with E-state index in [1.165, 1.54) is 11.1 Å². The van der Waals surface area contributed by atoms with Crippen molar-refractivity contribution in [1.29, 1.82) is 0 Å². The van der Waals surface area contributed by atoms with Crippen LogP contribution in [-0.2, 0) is 9.59 Å². The lowest BCUT2D eigenvalue weighted by molar-refractivity contribution is -0.147. The number of aliphatic carboxylic acids is 1. The summed E-state index contributed by atoms with van der Waals surface area (Å²) in [5.74, 6) is -1.99. The van der Waals surface area contributed by atoms with Gasteiger partial charge in [-0.15, -0.1) is 0 Å². The number of benzene rings is 2. The summed E-state index contributed by atoms with van der Waals surface area (Å²) in [6.45, 7) is 0.514. The molecule has 0 aromatic heterocycles. The minimum Gasteiger partial charge on any atom is -0.481 e. The number of carboxylic acid groups (broad SMARTS) is 1. The molecule has 4 nitrogen and oxygen atoms in total. The molecule has 0 heterocycles. The largest absolute Gasteiger partial charge is 0.481 e. The number of amides is 1. The molecular formula is C23H25NO3. The van der Waals surface area contributed by atoms with E-state index in [9.17, 15) is 14.7 Å². The Labute approximate surface area is 159 Å². The second-order valence-electron chi connectivity index (χ2n) is 6.95. The van der Waals surface area contributed by atoms with E-state index in [-0.39, 0.29) is 11.8 Å². The van der Waals surface area contributed by atoms with Gasteiger partial charge in [-0.05, 0) is 30.4 Å². The monoisotopic (exact) mass is 363 g/mol. The first-order chi connectivity index (χ1) is 13.2. The van der Waals surface area contributed by atoms with Crippen LogP contribution in [0.15, 0.2) is 72.8 Å². The molecule has 3 rings (SSSR count). The maximum absolute atomic E-state index is 12.6. The first kappa shape index (κ1) is 18.9. The summed E-state index contributed by atoms with van der Waals surface area (Å²) in [7, 11) is 0. The number of nitrogens with one attached hydrogen (secondary N) is 1. The van der Waals surface area contributed by atoms with Crippen LogP contribution in [0.4, 0.5) is 0 Å². The molecule has 0 aliphatic heterocycles. The fourth-order valence-corrected chi connectivity index (χ4v) is 3.74. The molecule has 2 aromatic carbocycles. The molecule has 4 heteroatoms. The first-order valence-corrected chi connectivity index (χ1v) is 9.42. The second kappa shape index (κ2) is 9.17. The van der Waals surface area contributed by atoms with E-state index in [1.54, 1.807) is 0 Å².